The smallest absolute Gasteiger partial charge is 0.233 e. The van der Waals surface area contributed by atoms with Gasteiger partial charge in [0.1, 0.15) is 5.75 Å². The van der Waals surface area contributed by atoms with Crippen LogP contribution in [0.3, 0.4) is 0 Å². The van der Waals surface area contributed by atoms with Gasteiger partial charge in [-0.25, -0.2) is 0 Å². The van der Waals surface area contributed by atoms with Gasteiger partial charge in [-0.1, -0.05) is 24.3 Å². The number of hydrogen-bond acceptors (Lipinski definition) is 5. The fourth-order valence-corrected chi connectivity index (χ4v) is 4.98. The number of methoxy groups -OCH3 is 1. The SMILES string of the molecule is CN=C(NCCCOCc1ccc(OC)cc1)NCCN1C(=O)C2C3C=CC(C3)C2C1=O.I. The van der Waals surface area contributed by atoms with Crippen molar-refractivity contribution in [3.8, 4) is 5.75 Å². The van der Waals surface area contributed by atoms with E-state index in [9.17, 15) is 9.59 Å². The van der Waals surface area contributed by atoms with Crippen molar-refractivity contribution < 1.29 is 19.1 Å². The second-order valence-electron chi connectivity index (χ2n) is 8.51. The summed E-state index contributed by atoms with van der Waals surface area (Å²) >= 11 is 0. The van der Waals surface area contributed by atoms with Crippen LogP contribution >= 0.6 is 24.0 Å². The Labute approximate surface area is 212 Å². The van der Waals surface area contributed by atoms with Gasteiger partial charge in [-0.05, 0) is 42.4 Å². The van der Waals surface area contributed by atoms with E-state index in [2.05, 4.69) is 27.8 Å². The number of likely N-dealkylation sites (tertiary alicyclic amines) is 1. The van der Waals surface area contributed by atoms with Crippen LogP contribution in [0.2, 0.25) is 0 Å². The molecule has 1 saturated carbocycles. The van der Waals surface area contributed by atoms with E-state index in [1.807, 2.05) is 24.3 Å². The van der Waals surface area contributed by atoms with Gasteiger partial charge in [0.05, 0.1) is 25.6 Å². The van der Waals surface area contributed by atoms with Crippen molar-refractivity contribution in [3.05, 3.63) is 42.0 Å². The van der Waals surface area contributed by atoms with Crippen LogP contribution in [0, 0.1) is 23.7 Å². The maximum absolute atomic E-state index is 12.7. The molecule has 2 fully saturated rings. The first kappa shape index (κ1) is 25.5. The number of hydrogen-bond donors (Lipinski definition) is 2. The number of amides is 2. The van der Waals surface area contributed by atoms with Crippen molar-refractivity contribution in [2.24, 2.45) is 28.7 Å². The number of allylic oxidation sites excluding steroid dienone is 2. The predicted octanol–water partition coefficient (Wildman–Crippen LogP) is 2.19. The van der Waals surface area contributed by atoms with Crippen molar-refractivity contribution >= 4 is 41.8 Å². The van der Waals surface area contributed by atoms with E-state index >= 15 is 0 Å². The first-order valence-corrected chi connectivity index (χ1v) is 11.3. The Hall–Kier alpha value is -2.14. The van der Waals surface area contributed by atoms with Crippen molar-refractivity contribution in [2.45, 2.75) is 19.4 Å². The van der Waals surface area contributed by atoms with E-state index < -0.39 is 0 Å². The highest BCUT2D eigenvalue weighted by Gasteiger charge is 2.58. The number of benzene rings is 1. The quantitative estimate of drug-likeness (QED) is 0.112. The molecule has 2 N–H and O–H groups in total. The lowest BCUT2D eigenvalue weighted by molar-refractivity contribution is -0.140. The van der Waals surface area contributed by atoms with E-state index in [-0.39, 0.29) is 59.5 Å². The Bertz CT molecular complexity index is 859. The molecule has 2 amide bonds. The number of fused-ring (bicyclic) bond motifs is 5. The molecule has 180 valence electrons. The van der Waals surface area contributed by atoms with E-state index in [0.717, 1.165) is 24.2 Å². The average Bonchev–Trinajstić information content (AvgIpc) is 3.50. The zero-order valence-corrected chi connectivity index (χ0v) is 21.5. The molecular weight excluding hydrogens is 535 g/mol. The normalized spacial score (nSPS) is 25.3. The molecule has 0 aromatic heterocycles. The molecule has 3 aliphatic rings. The molecule has 2 bridgehead atoms. The summed E-state index contributed by atoms with van der Waals surface area (Å²) in [6.07, 6.45) is 6.02. The van der Waals surface area contributed by atoms with Crippen LogP contribution in [-0.2, 0) is 20.9 Å². The number of guanidine groups is 1. The molecule has 9 heteroatoms. The third-order valence-corrected chi connectivity index (χ3v) is 6.60. The van der Waals surface area contributed by atoms with Gasteiger partial charge in [-0.3, -0.25) is 19.5 Å². The largest absolute Gasteiger partial charge is 0.497 e. The number of halogens is 1. The fourth-order valence-electron chi connectivity index (χ4n) is 4.98. The van der Waals surface area contributed by atoms with Crippen LogP contribution in [0.5, 0.6) is 5.75 Å². The number of nitrogens with zero attached hydrogens (tertiary/aromatic N) is 2. The molecule has 0 spiro atoms. The fraction of sp³-hybridized carbons (Fsp3) is 0.542. The van der Waals surface area contributed by atoms with Crippen LogP contribution in [0.1, 0.15) is 18.4 Å². The lowest BCUT2D eigenvalue weighted by Gasteiger charge is -2.18. The number of rotatable bonds is 10. The molecule has 1 aromatic rings. The maximum Gasteiger partial charge on any atom is 0.233 e. The van der Waals surface area contributed by atoms with Crippen LogP contribution < -0.4 is 15.4 Å². The summed E-state index contributed by atoms with van der Waals surface area (Å²) in [5, 5.41) is 6.43. The Morgan fingerprint density at radius 2 is 1.70 bits per heavy atom. The molecule has 1 aromatic carbocycles. The van der Waals surface area contributed by atoms with Crippen LogP contribution in [0.15, 0.2) is 41.4 Å². The molecule has 4 rings (SSSR count). The Morgan fingerprint density at radius 1 is 1.06 bits per heavy atom. The number of nitrogens with one attached hydrogen (secondary N) is 2. The van der Waals surface area contributed by atoms with Gasteiger partial charge >= 0.3 is 0 Å². The summed E-state index contributed by atoms with van der Waals surface area (Å²) in [7, 11) is 3.35. The maximum atomic E-state index is 12.7. The molecule has 1 saturated heterocycles. The number of imide groups is 1. The Kier molecular flexibility index (Phi) is 9.13. The molecule has 1 aliphatic heterocycles. The van der Waals surface area contributed by atoms with Gasteiger partial charge in [-0.2, -0.15) is 0 Å². The molecule has 1 heterocycles. The first-order chi connectivity index (χ1) is 15.6. The number of aliphatic imine (C=N–C) groups is 1. The molecule has 2 aliphatic carbocycles. The molecule has 33 heavy (non-hydrogen) atoms. The third-order valence-electron chi connectivity index (χ3n) is 6.60. The number of carbonyl (C=O) groups excluding carboxylic acids is 2. The third kappa shape index (κ3) is 5.68. The molecule has 4 atom stereocenters. The van der Waals surface area contributed by atoms with E-state index in [4.69, 9.17) is 9.47 Å². The van der Waals surface area contributed by atoms with E-state index in [1.54, 1.807) is 14.2 Å². The summed E-state index contributed by atoms with van der Waals surface area (Å²) in [4.78, 5) is 31.1. The summed E-state index contributed by atoms with van der Waals surface area (Å²) < 4.78 is 10.9. The second-order valence-corrected chi connectivity index (χ2v) is 8.51. The average molecular weight is 568 g/mol. The summed E-state index contributed by atoms with van der Waals surface area (Å²) in [5.74, 6) is 1.72. The van der Waals surface area contributed by atoms with Crippen molar-refractivity contribution in [1.29, 1.82) is 0 Å². The molecule has 8 nitrogen and oxygen atoms in total. The monoisotopic (exact) mass is 568 g/mol. The molecule has 4 unspecified atom stereocenters. The Balaban J connectivity index is 0.00000306. The van der Waals surface area contributed by atoms with Gasteiger partial charge in [0.2, 0.25) is 11.8 Å². The van der Waals surface area contributed by atoms with Gasteiger partial charge < -0.3 is 20.1 Å². The summed E-state index contributed by atoms with van der Waals surface area (Å²) in [5.41, 5.74) is 1.11. The lowest BCUT2D eigenvalue weighted by atomic mass is 9.85. The topological polar surface area (TPSA) is 92.3 Å². The first-order valence-electron chi connectivity index (χ1n) is 11.3. The van der Waals surface area contributed by atoms with Crippen molar-refractivity contribution in [1.82, 2.24) is 15.5 Å². The minimum Gasteiger partial charge on any atom is -0.497 e. The van der Waals surface area contributed by atoms with Gasteiger partial charge in [0.25, 0.3) is 0 Å². The van der Waals surface area contributed by atoms with Crippen LogP contribution in [0.4, 0.5) is 0 Å². The zero-order valence-electron chi connectivity index (χ0n) is 19.2. The summed E-state index contributed by atoms with van der Waals surface area (Å²) in [6.45, 7) is 2.76. The lowest BCUT2D eigenvalue weighted by Crippen LogP contribution is -2.44. The Morgan fingerprint density at radius 3 is 2.30 bits per heavy atom. The van der Waals surface area contributed by atoms with Gasteiger partial charge in [-0.15, -0.1) is 24.0 Å². The highest BCUT2D eigenvalue weighted by molar-refractivity contribution is 14.0. The van der Waals surface area contributed by atoms with E-state index in [1.165, 1.54) is 4.90 Å². The van der Waals surface area contributed by atoms with Crippen molar-refractivity contribution in [2.75, 3.05) is 40.4 Å². The minimum atomic E-state index is -0.132. The summed E-state index contributed by atoms with van der Waals surface area (Å²) in [6, 6.07) is 7.83. The standard InChI is InChI=1S/C24H32N4O4.HI/c1-25-24(26-10-3-13-32-15-16-4-8-19(31-2)9-5-16)27-11-12-28-22(29)20-17-6-7-18(14-17)21(20)23(28)30;/h4-9,17-18,20-21H,3,10-15H2,1-2H3,(H2,25,26,27);1H. The minimum absolute atomic E-state index is 0. The van der Waals surface area contributed by atoms with Gasteiger partial charge in [0.15, 0.2) is 5.96 Å². The second kappa shape index (κ2) is 11.8. The number of carbonyl (C=O) groups is 2. The molecule has 0 radical (unpaired) electrons. The zero-order chi connectivity index (χ0) is 22.5. The van der Waals surface area contributed by atoms with Gasteiger partial charge in [0, 0.05) is 33.3 Å². The van der Waals surface area contributed by atoms with Crippen LogP contribution in [-0.4, -0.2) is 63.1 Å². The van der Waals surface area contributed by atoms with E-state index in [0.29, 0.717) is 38.8 Å². The van der Waals surface area contributed by atoms with Crippen LogP contribution in [0.25, 0.3) is 0 Å². The predicted molar refractivity (Wildman–Crippen MR) is 136 cm³/mol. The highest BCUT2D eigenvalue weighted by atomic mass is 127. The van der Waals surface area contributed by atoms with Crippen molar-refractivity contribution in [3.63, 3.8) is 0 Å². The highest BCUT2D eigenvalue weighted by Crippen LogP contribution is 2.52. The number of ether oxygens (including phenoxy) is 2. The molecular formula is C24H33IN4O4.